The predicted octanol–water partition coefficient (Wildman–Crippen LogP) is 3.64. The summed E-state index contributed by atoms with van der Waals surface area (Å²) < 4.78 is 16.0. The molecule has 31 heavy (non-hydrogen) atoms. The Hall–Kier alpha value is -3.98. The van der Waals surface area contributed by atoms with E-state index >= 15 is 0 Å². The number of hydrazone groups is 1. The summed E-state index contributed by atoms with van der Waals surface area (Å²) in [5.74, 6) is 0.810. The number of nitrogens with one attached hydrogen (secondary N) is 2. The van der Waals surface area contributed by atoms with Gasteiger partial charge in [0.2, 0.25) is 0 Å². The maximum absolute atomic E-state index is 12.2. The highest BCUT2D eigenvalue weighted by molar-refractivity contribution is 7.80. The van der Waals surface area contributed by atoms with Gasteiger partial charge in [-0.1, -0.05) is 12.1 Å². The second-order valence-electron chi connectivity index (χ2n) is 6.07. The number of esters is 1. The molecule has 0 aliphatic heterocycles. The highest BCUT2D eigenvalue weighted by Gasteiger charge is 2.12. The lowest BCUT2D eigenvalue weighted by molar-refractivity contribution is 0.0729. The van der Waals surface area contributed by atoms with E-state index in [4.69, 9.17) is 26.4 Å². The number of anilines is 1. The highest BCUT2D eigenvalue weighted by Crippen LogP contribution is 2.28. The van der Waals surface area contributed by atoms with E-state index in [2.05, 4.69) is 20.8 Å². The standard InChI is InChI=1S/C22H20N4O4S/c1-28-18-8-4-3-7-17(18)25-22(31)26-24-13-15-9-10-19(20(12-15)29-2)30-21(27)16-6-5-11-23-14-16/h3-14H,1-2H3,(H2,25,26,31)/b24-13+. The molecule has 0 aliphatic carbocycles. The molecular formula is C22H20N4O4S. The molecule has 8 nitrogen and oxygen atoms in total. The monoisotopic (exact) mass is 436 g/mol. The van der Waals surface area contributed by atoms with E-state index in [-0.39, 0.29) is 5.75 Å². The number of thiocarbonyl (C=S) groups is 1. The van der Waals surface area contributed by atoms with Crippen molar-refractivity contribution in [3.8, 4) is 17.2 Å². The summed E-state index contributed by atoms with van der Waals surface area (Å²) in [5.41, 5.74) is 4.52. The van der Waals surface area contributed by atoms with Gasteiger partial charge in [-0.3, -0.25) is 10.4 Å². The zero-order valence-electron chi connectivity index (χ0n) is 16.9. The number of benzene rings is 2. The third-order valence-electron chi connectivity index (χ3n) is 4.02. The van der Waals surface area contributed by atoms with E-state index in [9.17, 15) is 4.79 Å². The van der Waals surface area contributed by atoms with Gasteiger partial charge in [-0.15, -0.1) is 0 Å². The van der Waals surface area contributed by atoms with Crippen LogP contribution in [0.15, 0.2) is 72.1 Å². The highest BCUT2D eigenvalue weighted by atomic mass is 32.1. The smallest absolute Gasteiger partial charge is 0.345 e. The van der Waals surface area contributed by atoms with Crippen LogP contribution in [0.4, 0.5) is 5.69 Å². The first-order chi connectivity index (χ1) is 15.1. The van der Waals surface area contributed by atoms with Crippen LogP contribution in [-0.2, 0) is 0 Å². The number of para-hydroxylation sites is 2. The van der Waals surface area contributed by atoms with Gasteiger partial charge in [-0.2, -0.15) is 5.10 Å². The molecule has 0 atom stereocenters. The summed E-state index contributed by atoms with van der Waals surface area (Å²) in [6.07, 6.45) is 4.58. The zero-order valence-corrected chi connectivity index (χ0v) is 17.7. The molecule has 2 N–H and O–H groups in total. The summed E-state index contributed by atoms with van der Waals surface area (Å²) in [4.78, 5) is 16.1. The van der Waals surface area contributed by atoms with Crippen LogP contribution < -0.4 is 25.0 Å². The van der Waals surface area contributed by atoms with Gasteiger partial charge in [-0.05, 0) is 60.2 Å². The van der Waals surface area contributed by atoms with Gasteiger partial charge in [0, 0.05) is 12.4 Å². The number of carbonyl (C=O) groups is 1. The number of pyridine rings is 1. The Labute approximate surface area is 184 Å². The minimum atomic E-state index is -0.526. The lowest BCUT2D eigenvalue weighted by Gasteiger charge is -2.11. The Balaban J connectivity index is 1.62. The molecule has 158 valence electrons. The lowest BCUT2D eigenvalue weighted by Crippen LogP contribution is -2.24. The summed E-state index contributed by atoms with van der Waals surface area (Å²) in [7, 11) is 3.07. The van der Waals surface area contributed by atoms with E-state index in [0.29, 0.717) is 27.7 Å². The number of ether oxygens (including phenoxy) is 3. The van der Waals surface area contributed by atoms with Gasteiger partial charge >= 0.3 is 5.97 Å². The second-order valence-corrected chi connectivity index (χ2v) is 6.47. The number of hydrogen-bond acceptors (Lipinski definition) is 7. The Morgan fingerprint density at radius 3 is 2.58 bits per heavy atom. The minimum absolute atomic E-state index is 0.287. The maximum atomic E-state index is 12.2. The molecule has 0 aliphatic rings. The number of aromatic nitrogens is 1. The van der Waals surface area contributed by atoms with Crippen molar-refractivity contribution in [2.24, 2.45) is 5.10 Å². The van der Waals surface area contributed by atoms with Crippen molar-refractivity contribution in [2.45, 2.75) is 0 Å². The summed E-state index contributed by atoms with van der Waals surface area (Å²) in [6.45, 7) is 0. The van der Waals surface area contributed by atoms with Crippen molar-refractivity contribution in [1.29, 1.82) is 0 Å². The van der Waals surface area contributed by atoms with E-state index in [0.717, 1.165) is 5.69 Å². The van der Waals surface area contributed by atoms with Gasteiger partial charge in [0.15, 0.2) is 16.6 Å². The third kappa shape index (κ3) is 6.00. The molecule has 0 radical (unpaired) electrons. The molecule has 0 unspecified atom stereocenters. The average molecular weight is 436 g/mol. The maximum Gasteiger partial charge on any atom is 0.345 e. The topological polar surface area (TPSA) is 94.1 Å². The van der Waals surface area contributed by atoms with E-state index in [1.807, 2.05) is 24.3 Å². The van der Waals surface area contributed by atoms with Crippen LogP contribution in [0.1, 0.15) is 15.9 Å². The van der Waals surface area contributed by atoms with Crippen molar-refractivity contribution in [1.82, 2.24) is 10.4 Å². The van der Waals surface area contributed by atoms with Gasteiger partial charge in [0.25, 0.3) is 0 Å². The Morgan fingerprint density at radius 2 is 1.84 bits per heavy atom. The minimum Gasteiger partial charge on any atom is -0.495 e. The lowest BCUT2D eigenvalue weighted by atomic mass is 10.2. The van der Waals surface area contributed by atoms with Gasteiger partial charge in [-0.25, -0.2) is 4.79 Å². The molecule has 0 saturated carbocycles. The molecule has 0 spiro atoms. The molecule has 0 saturated heterocycles. The average Bonchev–Trinajstić information content (AvgIpc) is 2.80. The van der Waals surface area contributed by atoms with Crippen LogP contribution in [0.3, 0.4) is 0 Å². The van der Waals surface area contributed by atoms with Crippen LogP contribution >= 0.6 is 12.2 Å². The first-order valence-electron chi connectivity index (χ1n) is 9.14. The number of methoxy groups -OCH3 is 2. The third-order valence-corrected chi connectivity index (χ3v) is 4.22. The molecule has 1 aromatic heterocycles. The van der Waals surface area contributed by atoms with Crippen molar-refractivity contribution < 1.29 is 19.0 Å². The van der Waals surface area contributed by atoms with Crippen LogP contribution in [0.2, 0.25) is 0 Å². The Kier molecular flexibility index (Phi) is 7.50. The fraction of sp³-hybridized carbons (Fsp3) is 0.0909. The van der Waals surface area contributed by atoms with Crippen molar-refractivity contribution in [2.75, 3.05) is 19.5 Å². The fourth-order valence-electron chi connectivity index (χ4n) is 2.55. The first kappa shape index (κ1) is 21.7. The van der Waals surface area contributed by atoms with Crippen LogP contribution in [0.5, 0.6) is 17.2 Å². The number of hydrogen-bond donors (Lipinski definition) is 2. The van der Waals surface area contributed by atoms with Gasteiger partial charge in [0.05, 0.1) is 31.7 Å². The summed E-state index contributed by atoms with van der Waals surface area (Å²) >= 11 is 5.24. The molecule has 0 amide bonds. The molecule has 2 aromatic carbocycles. The van der Waals surface area contributed by atoms with E-state index in [1.165, 1.54) is 13.3 Å². The van der Waals surface area contributed by atoms with Crippen molar-refractivity contribution in [3.05, 3.63) is 78.1 Å². The fourth-order valence-corrected chi connectivity index (χ4v) is 2.72. The molecule has 0 bridgehead atoms. The van der Waals surface area contributed by atoms with Crippen LogP contribution in [0, 0.1) is 0 Å². The molecular weight excluding hydrogens is 416 g/mol. The largest absolute Gasteiger partial charge is 0.495 e. The van der Waals surface area contributed by atoms with E-state index < -0.39 is 5.97 Å². The van der Waals surface area contributed by atoms with Crippen LogP contribution in [-0.4, -0.2) is 36.5 Å². The molecule has 1 heterocycles. The van der Waals surface area contributed by atoms with Crippen LogP contribution in [0.25, 0.3) is 0 Å². The summed E-state index contributed by atoms with van der Waals surface area (Å²) in [5, 5.41) is 7.43. The molecule has 3 rings (SSSR count). The SMILES string of the molecule is COc1ccccc1NC(=S)N/N=C/c1ccc(OC(=O)c2cccnc2)c(OC)c1. The predicted molar refractivity (Wildman–Crippen MR) is 122 cm³/mol. The van der Waals surface area contributed by atoms with Crippen molar-refractivity contribution >= 4 is 35.2 Å². The summed E-state index contributed by atoms with van der Waals surface area (Å²) in [6, 6.07) is 15.7. The van der Waals surface area contributed by atoms with Crippen molar-refractivity contribution in [3.63, 3.8) is 0 Å². The Bertz CT molecular complexity index is 1090. The molecule has 3 aromatic rings. The molecule has 9 heteroatoms. The van der Waals surface area contributed by atoms with Gasteiger partial charge in [0.1, 0.15) is 5.75 Å². The van der Waals surface area contributed by atoms with E-state index in [1.54, 1.807) is 49.9 Å². The number of nitrogens with zero attached hydrogens (tertiary/aromatic N) is 2. The first-order valence-corrected chi connectivity index (χ1v) is 9.55. The van der Waals surface area contributed by atoms with Gasteiger partial charge < -0.3 is 19.5 Å². The quantitative estimate of drug-likeness (QED) is 0.191. The second kappa shape index (κ2) is 10.7. The normalized spacial score (nSPS) is 10.4. The number of carbonyl (C=O) groups excluding carboxylic acids is 1. The molecule has 0 fully saturated rings. The zero-order chi connectivity index (χ0) is 22.1. The number of rotatable bonds is 7. The Morgan fingerprint density at radius 1 is 1.03 bits per heavy atom.